The van der Waals surface area contributed by atoms with Gasteiger partial charge in [-0.2, -0.15) is 0 Å². The molecule has 0 radical (unpaired) electrons. The number of aliphatic hydroxyl groups excluding tert-OH is 1. The molecule has 18 heavy (non-hydrogen) atoms. The predicted molar refractivity (Wildman–Crippen MR) is 75.3 cm³/mol. The molecule has 0 spiro atoms. The van der Waals surface area contributed by atoms with Crippen molar-refractivity contribution >= 4 is 0 Å². The minimum absolute atomic E-state index is 0.303. The number of rotatable bonds is 5. The molecular formula is C16H23NO. The third kappa shape index (κ3) is 3.69. The Hall–Kier alpha value is -1.12. The predicted octanol–water partition coefficient (Wildman–Crippen LogP) is 2.88. The molecule has 0 aromatic heterocycles. The zero-order valence-corrected chi connectivity index (χ0v) is 11.1. The monoisotopic (exact) mass is 245 g/mol. The minimum atomic E-state index is 0.303. The highest BCUT2D eigenvalue weighted by Crippen LogP contribution is 2.30. The summed E-state index contributed by atoms with van der Waals surface area (Å²) < 4.78 is 0. The van der Waals surface area contributed by atoms with Gasteiger partial charge in [0.1, 0.15) is 0 Å². The Morgan fingerprint density at radius 3 is 2.89 bits per heavy atom. The molecule has 1 aromatic rings. The van der Waals surface area contributed by atoms with E-state index in [-0.39, 0.29) is 0 Å². The molecule has 2 atom stereocenters. The summed E-state index contributed by atoms with van der Waals surface area (Å²) in [6, 6.07) is 10.8. The molecule has 0 unspecified atom stereocenters. The lowest BCUT2D eigenvalue weighted by Gasteiger charge is -2.14. The quantitative estimate of drug-likeness (QED) is 0.782. The molecule has 0 bridgehead atoms. The number of aliphatic hydroxyl groups is 1. The van der Waals surface area contributed by atoms with Crippen LogP contribution in [0.1, 0.15) is 31.7 Å². The van der Waals surface area contributed by atoms with Crippen LogP contribution in [0.25, 0.3) is 0 Å². The van der Waals surface area contributed by atoms with Crippen molar-refractivity contribution in [2.75, 3.05) is 6.61 Å². The van der Waals surface area contributed by atoms with Crippen LogP contribution in [0.3, 0.4) is 0 Å². The van der Waals surface area contributed by atoms with E-state index in [0.29, 0.717) is 18.6 Å². The molecule has 2 heteroatoms. The normalized spacial score (nSPS) is 23.4. The largest absolute Gasteiger partial charge is 0.396 e. The Balaban J connectivity index is 1.85. The maximum atomic E-state index is 9.30. The lowest BCUT2D eigenvalue weighted by Crippen LogP contribution is -2.24. The molecule has 2 nitrogen and oxygen atoms in total. The number of hydrogen-bond donors (Lipinski definition) is 2. The van der Waals surface area contributed by atoms with Gasteiger partial charge in [-0.3, -0.25) is 0 Å². The zero-order valence-electron chi connectivity index (χ0n) is 11.1. The summed E-state index contributed by atoms with van der Waals surface area (Å²) in [6.45, 7) is 3.38. The van der Waals surface area contributed by atoms with Crippen LogP contribution in [0.5, 0.6) is 0 Å². The standard InChI is InChI=1S/C16H23NO/c1-13(10-15-8-5-9-16(15)12-18)17-11-14-6-3-2-4-7-14/h2-4,6-7,10,13,16-18H,5,8-9,11-12H2,1H3/b15-10-/t13-,16-/m0/s1. The second kappa shape index (κ2) is 6.72. The van der Waals surface area contributed by atoms with Crippen molar-refractivity contribution in [3.63, 3.8) is 0 Å². The maximum Gasteiger partial charge on any atom is 0.0496 e. The van der Waals surface area contributed by atoms with Crippen LogP contribution < -0.4 is 5.32 Å². The highest BCUT2D eigenvalue weighted by molar-refractivity contribution is 5.16. The van der Waals surface area contributed by atoms with Gasteiger partial charge in [-0.15, -0.1) is 0 Å². The summed E-state index contributed by atoms with van der Waals surface area (Å²) >= 11 is 0. The van der Waals surface area contributed by atoms with Crippen molar-refractivity contribution < 1.29 is 5.11 Å². The van der Waals surface area contributed by atoms with Crippen LogP contribution in [0.15, 0.2) is 42.0 Å². The van der Waals surface area contributed by atoms with Gasteiger partial charge in [0.2, 0.25) is 0 Å². The lowest BCUT2D eigenvalue weighted by molar-refractivity contribution is 0.249. The lowest BCUT2D eigenvalue weighted by atomic mass is 10.0. The van der Waals surface area contributed by atoms with E-state index in [1.165, 1.54) is 17.6 Å². The average molecular weight is 245 g/mol. The summed E-state index contributed by atoms with van der Waals surface area (Å²) in [6.07, 6.45) is 5.83. The van der Waals surface area contributed by atoms with Crippen LogP contribution in [-0.2, 0) is 6.54 Å². The molecule has 0 saturated heterocycles. The van der Waals surface area contributed by atoms with E-state index in [1.807, 2.05) is 6.07 Å². The van der Waals surface area contributed by atoms with E-state index in [1.54, 1.807) is 0 Å². The van der Waals surface area contributed by atoms with Crippen molar-refractivity contribution in [1.29, 1.82) is 0 Å². The first-order valence-electron chi connectivity index (χ1n) is 6.88. The maximum absolute atomic E-state index is 9.30. The number of benzene rings is 1. The van der Waals surface area contributed by atoms with Crippen molar-refractivity contribution in [1.82, 2.24) is 5.32 Å². The van der Waals surface area contributed by atoms with E-state index in [2.05, 4.69) is 42.6 Å². The number of hydrogen-bond acceptors (Lipinski definition) is 2. The van der Waals surface area contributed by atoms with Crippen LogP contribution in [0.2, 0.25) is 0 Å². The van der Waals surface area contributed by atoms with E-state index < -0.39 is 0 Å². The summed E-state index contributed by atoms with van der Waals surface area (Å²) in [4.78, 5) is 0. The Labute approximate surface area is 110 Å². The van der Waals surface area contributed by atoms with Gasteiger partial charge in [0, 0.05) is 25.1 Å². The second-order valence-electron chi connectivity index (χ2n) is 5.17. The number of nitrogens with one attached hydrogen (secondary N) is 1. The van der Waals surface area contributed by atoms with Crippen molar-refractivity contribution in [2.45, 2.75) is 38.8 Å². The molecule has 2 rings (SSSR count). The second-order valence-corrected chi connectivity index (χ2v) is 5.17. The molecule has 2 N–H and O–H groups in total. The first-order valence-corrected chi connectivity index (χ1v) is 6.88. The van der Waals surface area contributed by atoms with Crippen LogP contribution in [0, 0.1) is 5.92 Å². The third-order valence-electron chi connectivity index (χ3n) is 3.70. The molecule has 0 aliphatic heterocycles. The van der Waals surface area contributed by atoms with Gasteiger partial charge in [-0.05, 0) is 31.7 Å². The first-order chi connectivity index (χ1) is 8.79. The Kier molecular flexibility index (Phi) is 4.97. The van der Waals surface area contributed by atoms with E-state index in [4.69, 9.17) is 0 Å². The summed E-state index contributed by atoms with van der Waals surface area (Å²) in [5.41, 5.74) is 2.75. The summed E-state index contributed by atoms with van der Waals surface area (Å²) in [5, 5.41) is 12.8. The Bertz CT molecular complexity index is 385. The fourth-order valence-corrected chi connectivity index (χ4v) is 2.62. The molecule has 0 amide bonds. The Morgan fingerprint density at radius 2 is 2.17 bits per heavy atom. The van der Waals surface area contributed by atoms with Gasteiger partial charge in [0.05, 0.1) is 0 Å². The van der Waals surface area contributed by atoms with Crippen LogP contribution >= 0.6 is 0 Å². The summed E-state index contributed by atoms with van der Waals surface area (Å²) in [5.74, 6) is 0.408. The minimum Gasteiger partial charge on any atom is -0.396 e. The van der Waals surface area contributed by atoms with Crippen molar-refractivity contribution in [2.24, 2.45) is 5.92 Å². The fraction of sp³-hybridized carbons (Fsp3) is 0.500. The molecule has 1 aliphatic carbocycles. The molecule has 1 aliphatic rings. The highest BCUT2D eigenvalue weighted by atomic mass is 16.3. The van der Waals surface area contributed by atoms with Gasteiger partial charge in [0.25, 0.3) is 0 Å². The zero-order chi connectivity index (χ0) is 12.8. The van der Waals surface area contributed by atoms with Crippen molar-refractivity contribution in [3.8, 4) is 0 Å². The van der Waals surface area contributed by atoms with E-state index in [9.17, 15) is 5.11 Å². The Morgan fingerprint density at radius 1 is 1.39 bits per heavy atom. The SMILES string of the molecule is C[C@@H](/C=C1/CCC[C@H]1CO)NCc1ccccc1. The van der Waals surface area contributed by atoms with Gasteiger partial charge in [-0.25, -0.2) is 0 Å². The van der Waals surface area contributed by atoms with Gasteiger partial charge < -0.3 is 10.4 Å². The molecule has 1 aromatic carbocycles. The topological polar surface area (TPSA) is 32.3 Å². The summed E-state index contributed by atoms with van der Waals surface area (Å²) in [7, 11) is 0. The van der Waals surface area contributed by atoms with Gasteiger partial charge >= 0.3 is 0 Å². The van der Waals surface area contributed by atoms with Gasteiger partial charge in [0.15, 0.2) is 0 Å². The molecule has 0 heterocycles. The average Bonchev–Trinajstić information content (AvgIpc) is 2.85. The third-order valence-corrected chi connectivity index (χ3v) is 3.70. The van der Waals surface area contributed by atoms with E-state index >= 15 is 0 Å². The smallest absolute Gasteiger partial charge is 0.0496 e. The van der Waals surface area contributed by atoms with Crippen molar-refractivity contribution in [3.05, 3.63) is 47.5 Å². The molecule has 1 saturated carbocycles. The van der Waals surface area contributed by atoms with Crippen LogP contribution in [-0.4, -0.2) is 17.8 Å². The van der Waals surface area contributed by atoms with E-state index in [0.717, 1.165) is 19.4 Å². The molecular weight excluding hydrogens is 222 g/mol. The van der Waals surface area contributed by atoms with Gasteiger partial charge in [-0.1, -0.05) is 42.0 Å². The first kappa shape index (κ1) is 13.3. The van der Waals surface area contributed by atoms with Crippen LogP contribution in [0.4, 0.5) is 0 Å². The molecule has 98 valence electrons. The fourth-order valence-electron chi connectivity index (χ4n) is 2.62. The highest BCUT2D eigenvalue weighted by Gasteiger charge is 2.20. The molecule has 1 fully saturated rings.